The lowest BCUT2D eigenvalue weighted by atomic mass is 10.1. The summed E-state index contributed by atoms with van der Waals surface area (Å²) in [6.45, 7) is 6.11. The van der Waals surface area contributed by atoms with E-state index < -0.39 is 0 Å². The lowest BCUT2D eigenvalue weighted by molar-refractivity contribution is -0.107. The Labute approximate surface area is 97.6 Å². The lowest BCUT2D eigenvalue weighted by Gasteiger charge is -2.13. The van der Waals surface area contributed by atoms with Crippen LogP contribution < -0.4 is 4.74 Å². The van der Waals surface area contributed by atoms with E-state index in [-0.39, 0.29) is 6.10 Å². The molecule has 0 radical (unpaired) electrons. The first-order valence-corrected chi connectivity index (χ1v) is 5.83. The van der Waals surface area contributed by atoms with Crippen LogP contribution in [0, 0.1) is 6.92 Å². The Balaban J connectivity index is 2.63. The molecule has 0 spiro atoms. The second kappa shape index (κ2) is 6.31. The summed E-state index contributed by atoms with van der Waals surface area (Å²) in [7, 11) is 0. The summed E-state index contributed by atoms with van der Waals surface area (Å²) in [5, 5.41) is 0. The molecule has 0 saturated carbocycles. The van der Waals surface area contributed by atoms with E-state index in [1.54, 1.807) is 0 Å². The number of rotatable bonds is 6. The van der Waals surface area contributed by atoms with E-state index in [0.29, 0.717) is 6.42 Å². The van der Waals surface area contributed by atoms with Gasteiger partial charge in [0.05, 0.1) is 6.10 Å². The van der Waals surface area contributed by atoms with Crippen molar-refractivity contribution < 1.29 is 9.53 Å². The number of hydrogen-bond donors (Lipinski definition) is 0. The predicted octanol–water partition coefficient (Wildman–Crippen LogP) is 3.30. The Morgan fingerprint density at radius 1 is 1.38 bits per heavy atom. The van der Waals surface area contributed by atoms with Gasteiger partial charge in [-0.25, -0.2) is 0 Å². The van der Waals surface area contributed by atoms with Crippen LogP contribution in [0.4, 0.5) is 0 Å². The first-order valence-electron chi connectivity index (χ1n) is 5.83. The summed E-state index contributed by atoms with van der Waals surface area (Å²) in [6, 6.07) is 6.24. The van der Waals surface area contributed by atoms with E-state index in [9.17, 15) is 4.79 Å². The second-order valence-corrected chi connectivity index (χ2v) is 4.33. The van der Waals surface area contributed by atoms with Gasteiger partial charge in [0, 0.05) is 6.42 Å². The minimum Gasteiger partial charge on any atom is -0.491 e. The van der Waals surface area contributed by atoms with Crippen LogP contribution in [0.25, 0.3) is 0 Å². The molecule has 2 heteroatoms. The zero-order valence-electron chi connectivity index (χ0n) is 10.3. The number of benzene rings is 1. The summed E-state index contributed by atoms with van der Waals surface area (Å²) >= 11 is 0. The highest BCUT2D eigenvalue weighted by molar-refractivity contribution is 5.49. The number of aldehydes is 1. The molecule has 1 aromatic carbocycles. The van der Waals surface area contributed by atoms with E-state index in [4.69, 9.17) is 4.74 Å². The number of hydrogen-bond acceptors (Lipinski definition) is 2. The van der Waals surface area contributed by atoms with Gasteiger partial charge >= 0.3 is 0 Å². The van der Waals surface area contributed by atoms with Crippen molar-refractivity contribution in [3.05, 3.63) is 29.3 Å². The molecular weight excluding hydrogens is 200 g/mol. The third kappa shape index (κ3) is 4.05. The fraction of sp³-hybridized carbons (Fsp3) is 0.500. The molecule has 0 unspecified atom stereocenters. The zero-order chi connectivity index (χ0) is 12.0. The van der Waals surface area contributed by atoms with Gasteiger partial charge in [-0.15, -0.1) is 0 Å². The van der Waals surface area contributed by atoms with Crippen molar-refractivity contribution in [3.8, 4) is 5.75 Å². The Morgan fingerprint density at radius 2 is 2.12 bits per heavy atom. The van der Waals surface area contributed by atoms with Gasteiger partial charge in [-0.1, -0.05) is 12.1 Å². The largest absolute Gasteiger partial charge is 0.491 e. The van der Waals surface area contributed by atoms with Crippen molar-refractivity contribution in [2.45, 2.75) is 46.1 Å². The molecule has 0 aromatic heterocycles. The normalized spacial score (nSPS) is 10.5. The van der Waals surface area contributed by atoms with Crippen molar-refractivity contribution in [1.82, 2.24) is 0 Å². The molecule has 16 heavy (non-hydrogen) atoms. The van der Waals surface area contributed by atoms with Crippen molar-refractivity contribution in [2.75, 3.05) is 0 Å². The minimum absolute atomic E-state index is 0.208. The number of carbonyl (C=O) groups excluding carboxylic acids is 1. The summed E-state index contributed by atoms with van der Waals surface area (Å²) in [5.41, 5.74) is 2.44. The summed E-state index contributed by atoms with van der Waals surface area (Å²) in [4.78, 5) is 10.2. The molecule has 0 aliphatic carbocycles. The Hall–Kier alpha value is -1.31. The van der Waals surface area contributed by atoms with Gasteiger partial charge in [0.1, 0.15) is 12.0 Å². The molecule has 2 nitrogen and oxygen atoms in total. The SMILES string of the molecule is Cc1cc(CCCC=O)ccc1OC(C)C. The van der Waals surface area contributed by atoms with E-state index in [1.807, 2.05) is 19.9 Å². The summed E-state index contributed by atoms with van der Waals surface area (Å²) < 4.78 is 5.67. The first-order chi connectivity index (χ1) is 7.63. The lowest BCUT2D eigenvalue weighted by Crippen LogP contribution is -2.06. The van der Waals surface area contributed by atoms with Gasteiger partial charge in [0.2, 0.25) is 0 Å². The molecule has 0 aliphatic heterocycles. The number of ether oxygens (including phenoxy) is 1. The Bertz CT molecular complexity index is 343. The third-order valence-corrected chi connectivity index (χ3v) is 2.39. The van der Waals surface area contributed by atoms with Crippen LogP contribution in [-0.2, 0) is 11.2 Å². The highest BCUT2D eigenvalue weighted by Crippen LogP contribution is 2.21. The maximum Gasteiger partial charge on any atom is 0.122 e. The fourth-order valence-corrected chi connectivity index (χ4v) is 1.64. The van der Waals surface area contributed by atoms with Gasteiger partial charge in [-0.2, -0.15) is 0 Å². The molecule has 0 fully saturated rings. The van der Waals surface area contributed by atoms with E-state index in [2.05, 4.69) is 19.1 Å². The Kier molecular flexibility index (Phi) is 5.03. The topological polar surface area (TPSA) is 26.3 Å². The van der Waals surface area contributed by atoms with Crippen molar-refractivity contribution in [3.63, 3.8) is 0 Å². The quantitative estimate of drug-likeness (QED) is 0.543. The van der Waals surface area contributed by atoms with Crippen molar-refractivity contribution >= 4 is 6.29 Å². The predicted molar refractivity (Wildman–Crippen MR) is 65.9 cm³/mol. The average molecular weight is 220 g/mol. The van der Waals surface area contributed by atoms with Crippen LogP contribution >= 0.6 is 0 Å². The van der Waals surface area contributed by atoms with Gasteiger partial charge in [0.15, 0.2) is 0 Å². The highest BCUT2D eigenvalue weighted by atomic mass is 16.5. The van der Waals surface area contributed by atoms with E-state index in [1.165, 1.54) is 5.56 Å². The zero-order valence-corrected chi connectivity index (χ0v) is 10.3. The number of aryl methyl sites for hydroxylation is 2. The molecule has 0 N–H and O–H groups in total. The van der Waals surface area contributed by atoms with Crippen LogP contribution in [0.15, 0.2) is 18.2 Å². The van der Waals surface area contributed by atoms with Crippen LogP contribution in [0.1, 0.15) is 37.8 Å². The van der Waals surface area contributed by atoms with Gasteiger partial charge in [0.25, 0.3) is 0 Å². The van der Waals surface area contributed by atoms with Gasteiger partial charge < -0.3 is 9.53 Å². The average Bonchev–Trinajstić information content (AvgIpc) is 2.22. The first kappa shape index (κ1) is 12.8. The van der Waals surface area contributed by atoms with Gasteiger partial charge in [-0.05, 0) is 50.8 Å². The standard InChI is InChI=1S/C14H20O2/c1-11(2)16-14-8-7-13(10-12(14)3)6-4-5-9-15/h7-11H,4-6H2,1-3H3. The number of unbranched alkanes of at least 4 members (excludes halogenated alkanes) is 1. The van der Waals surface area contributed by atoms with Crippen LogP contribution in [0.2, 0.25) is 0 Å². The molecule has 0 bridgehead atoms. The van der Waals surface area contributed by atoms with E-state index >= 15 is 0 Å². The molecular formula is C14H20O2. The molecule has 0 amide bonds. The Morgan fingerprint density at radius 3 is 2.69 bits per heavy atom. The maximum absolute atomic E-state index is 10.2. The number of carbonyl (C=O) groups is 1. The van der Waals surface area contributed by atoms with Crippen LogP contribution in [-0.4, -0.2) is 12.4 Å². The van der Waals surface area contributed by atoms with E-state index in [0.717, 1.165) is 30.4 Å². The maximum atomic E-state index is 10.2. The molecule has 88 valence electrons. The summed E-state index contributed by atoms with van der Waals surface area (Å²) in [6.07, 6.45) is 3.71. The summed E-state index contributed by atoms with van der Waals surface area (Å²) in [5.74, 6) is 0.953. The molecule has 0 heterocycles. The molecule has 1 aromatic rings. The third-order valence-electron chi connectivity index (χ3n) is 2.39. The van der Waals surface area contributed by atoms with Crippen molar-refractivity contribution in [1.29, 1.82) is 0 Å². The molecule has 0 saturated heterocycles. The minimum atomic E-state index is 0.208. The van der Waals surface area contributed by atoms with Crippen molar-refractivity contribution in [2.24, 2.45) is 0 Å². The molecule has 0 aliphatic rings. The fourth-order valence-electron chi connectivity index (χ4n) is 1.64. The van der Waals surface area contributed by atoms with Gasteiger partial charge in [-0.3, -0.25) is 0 Å². The smallest absolute Gasteiger partial charge is 0.122 e. The monoisotopic (exact) mass is 220 g/mol. The molecule has 1 rings (SSSR count). The highest BCUT2D eigenvalue weighted by Gasteiger charge is 2.03. The second-order valence-electron chi connectivity index (χ2n) is 4.33. The molecule has 0 atom stereocenters. The van der Waals surface area contributed by atoms with Crippen LogP contribution in [0.3, 0.4) is 0 Å². The van der Waals surface area contributed by atoms with Crippen LogP contribution in [0.5, 0.6) is 5.75 Å².